The minimum absolute atomic E-state index is 0.00599. The number of phenolic OH excluding ortho intramolecular Hbond substituents is 1. The van der Waals surface area contributed by atoms with Gasteiger partial charge in [0.25, 0.3) is 11.8 Å². The molecule has 286 valence electrons. The fourth-order valence-corrected chi connectivity index (χ4v) is 9.63. The zero-order valence-corrected chi connectivity index (χ0v) is 31.2. The summed E-state index contributed by atoms with van der Waals surface area (Å²) in [5.41, 5.74) is 2.35. The number of nitrogens with one attached hydrogen (secondary N) is 1. The lowest BCUT2D eigenvalue weighted by Gasteiger charge is -2.50. The van der Waals surface area contributed by atoms with E-state index in [-0.39, 0.29) is 40.6 Å². The number of imide groups is 2. The predicted molar refractivity (Wildman–Crippen MR) is 203 cm³/mol. The number of aromatic carboxylic acids is 1. The number of fused-ring (bicyclic) bond motifs is 4. The van der Waals surface area contributed by atoms with E-state index in [0.29, 0.717) is 27.7 Å². The van der Waals surface area contributed by atoms with Gasteiger partial charge in [0, 0.05) is 28.6 Å². The average molecular weight is 799 g/mol. The topological polar surface area (TPSA) is 183 Å². The van der Waals surface area contributed by atoms with Crippen molar-refractivity contribution < 1.29 is 48.8 Å². The molecule has 2 heterocycles. The van der Waals surface area contributed by atoms with E-state index in [2.05, 4.69) is 5.43 Å². The third kappa shape index (κ3) is 5.40. The summed E-state index contributed by atoms with van der Waals surface area (Å²) in [5.74, 6) is -8.67. The number of methoxy groups -OCH3 is 2. The molecular formula is C41H33Cl2N3O10. The molecule has 6 unspecified atom stereocenters. The molecule has 15 heteroatoms. The molecule has 2 aliphatic carbocycles. The highest BCUT2D eigenvalue weighted by Gasteiger charge is 2.70. The molecule has 2 aliphatic heterocycles. The van der Waals surface area contributed by atoms with Crippen LogP contribution in [0, 0.1) is 23.7 Å². The van der Waals surface area contributed by atoms with Crippen LogP contribution >= 0.6 is 23.2 Å². The monoisotopic (exact) mass is 797 g/mol. The van der Waals surface area contributed by atoms with Crippen molar-refractivity contribution in [3.8, 4) is 23.0 Å². The Morgan fingerprint density at radius 3 is 2.18 bits per heavy atom. The number of hydrazine groups is 1. The molecule has 4 aliphatic rings. The highest BCUT2D eigenvalue weighted by atomic mass is 35.5. The number of nitrogens with zero attached hydrogens (tertiary/aromatic N) is 2. The highest BCUT2D eigenvalue weighted by molar-refractivity contribution is 6.36. The van der Waals surface area contributed by atoms with Crippen LogP contribution in [-0.4, -0.2) is 64.1 Å². The number of hydrogen-bond donors (Lipinski definition) is 4. The van der Waals surface area contributed by atoms with Gasteiger partial charge in [-0.25, -0.2) is 9.69 Å². The summed E-state index contributed by atoms with van der Waals surface area (Å²) >= 11 is 12.7. The first-order chi connectivity index (χ1) is 26.8. The van der Waals surface area contributed by atoms with Crippen LogP contribution in [0.15, 0.2) is 90.5 Å². The lowest BCUT2D eigenvalue weighted by atomic mass is 9.49. The van der Waals surface area contributed by atoms with Crippen molar-refractivity contribution in [2.75, 3.05) is 24.5 Å². The van der Waals surface area contributed by atoms with E-state index in [4.69, 9.17) is 32.7 Å². The molecule has 8 rings (SSSR count). The van der Waals surface area contributed by atoms with Crippen LogP contribution < -0.4 is 19.8 Å². The Morgan fingerprint density at radius 1 is 0.821 bits per heavy atom. The zero-order valence-electron chi connectivity index (χ0n) is 29.7. The minimum Gasteiger partial charge on any atom is -0.508 e. The van der Waals surface area contributed by atoms with Crippen molar-refractivity contribution in [1.29, 1.82) is 0 Å². The van der Waals surface area contributed by atoms with Crippen LogP contribution in [0.25, 0.3) is 0 Å². The standard InChI is InChI=1S/C41H33Cl2N3O10/c1-55-22-7-3-19(4-8-22)41-29(37(50)46(40(41)54)44-31-14-5-20(42)15-30(31)43)18-28-24(35(41)25-11-9-23(56-2)17-33(25)48)12-13-27-34(28)38(51)45(36(27)49)21-6-10-26(39(52)53)32(47)16-21/h3-12,14-17,27-29,34-35,44,47-48H,13,18H2,1-2H3,(H,52,53). The van der Waals surface area contributed by atoms with Gasteiger partial charge in [-0.15, -0.1) is 0 Å². The minimum atomic E-state index is -1.71. The number of carbonyl (C=O) groups excluding carboxylic acids is 4. The van der Waals surface area contributed by atoms with Crippen molar-refractivity contribution in [2.24, 2.45) is 23.7 Å². The molecule has 4 N–H and O–H groups in total. The lowest BCUT2D eigenvalue weighted by molar-refractivity contribution is -0.138. The molecule has 0 radical (unpaired) electrons. The summed E-state index contributed by atoms with van der Waals surface area (Å²) in [6, 6.07) is 19.4. The number of aromatic hydroxyl groups is 2. The number of amides is 4. The van der Waals surface area contributed by atoms with Gasteiger partial charge in [-0.1, -0.05) is 53.1 Å². The van der Waals surface area contributed by atoms with Crippen molar-refractivity contribution in [3.05, 3.63) is 117 Å². The van der Waals surface area contributed by atoms with Crippen molar-refractivity contribution >= 4 is 64.2 Å². The van der Waals surface area contributed by atoms with Gasteiger partial charge in [-0.3, -0.25) is 24.6 Å². The molecule has 56 heavy (non-hydrogen) atoms. The largest absolute Gasteiger partial charge is 0.508 e. The number of ether oxygens (including phenoxy) is 2. The molecule has 6 atom stereocenters. The molecule has 0 aromatic heterocycles. The number of carboxylic acids is 1. The summed E-state index contributed by atoms with van der Waals surface area (Å²) in [6.45, 7) is 0. The fourth-order valence-electron chi connectivity index (χ4n) is 9.18. The third-order valence-corrected chi connectivity index (χ3v) is 12.1. The fraction of sp³-hybridized carbons (Fsp3) is 0.244. The quantitative estimate of drug-likeness (QED) is 0.116. The van der Waals surface area contributed by atoms with Crippen molar-refractivity contribution in [1.82, 2.24) is 5.01 Å². The Kier molecular flexibility index (Phi) is 8.97. The molecular weight excluding hydrogens is 765 g/mol. The third-order valence-electron chi connectivity index (χ3n) is 11.6. The van der Waals surface area contributed by atoms with E-state index in [9.17, 15) is 34.5 Å². The van der Waals surface area contributed by atoms with Gasteiger partial charge < -0.3 is 24.8 Å². The van der Waals surface area contributed by atoms with Crippen LogP contribution in [0.5, 0.6) is 23.0 Å². The number of anilines is 2. The zero-order chi connectivity index (χ0) is 39.8. The summed E-state index contributed by atoms with van der Waals surface area (Å²) in [6.07, 6.45) is 1.86. The smallest absolute Gasteiger partial charge is 0.339 e. The Bertz CT molecular complexity index is 2400. The van der Waals surface area contributed by atoms with Gasteiger partial charge in [-0.2, -0.15) is 5.01 Å². The number of benzene rings is 4. The van der Waals surface area contributed by atoms with E-state index < -0.39 is 75.9 Å². The van der Waals surface area contributed by atoms with Gasteiger partial charge in [0.05, 0.1) is 53.8 Å². The summed E-state index contributed by atoms with van der Waals surface area (Å²) in [7, 11) is 2.94. The van der Waals surface area contributed by atoms with Gasteiger partial charge in [0.2, 0.25) is 11.8 Å². The molecule has 0 spiro atoms. The van der Waals surface area contributed by atoms with E-state index in [1.54, 1.807) is 42.5 Å². The van der Waals surface area contributed by atoms with Crippen molar-refractivity contribution in [3.63, 3.8) is 0 Å². The molecule has 1 saturated carbocycles. The van der Waals surface area contributed by atoms with Gasteiger partial charge in [-0.05, 0) is 72.9 Å². The number of halogens is 2. The van der Waals surface area contributed by atoms with Crippen molar-refractivity contribution in [2.45, 2.75) is 24.2 Å². The van der Waals surface area contributed by atoms with Crippen LogP contribution in [0.3, 0.4) is 0 Å². The molecule has 3 fully saturated rings. The maximum Gasteiger partial charge on any atom is 0.339 e. The van der Waals surface area contributed by atoms with E-state index in [0.717, 1.165) is 22.0 Å². The Morgan fingerprint density at radius 2 is 1.54 bits per heavy atom. The number of carboxylic acid groups (broad SMARTS) is 1. The Hall–Kier alpha value is -6.05. The molecule has 2 saturated heterocycles. The van der Waals surface area contributed by atoms with Crippen LogP contribution in [0.4, 0.5) is 11.4 Å². The maximum atomic E-state index is 15.4. The predicted octanol–water partition coefficient (Wildman–Crippen LogP) is 6.31. The molecule has 4 amide bonds. The Labute approximate surface area is 329 Å². The second kappa shape index (κ2) is 13.6. The number of hydrogen-bond acceptors (Lipinski definition) is 10. The lowest BCUT2D eigenvalue weighted by Crippen LogP contribution is -2.53. The maximum absolute atomic E-state index is 15.4. The number of phenols is 2. The normalized spacial score (nSPS) is 25.4. The second-order valence-electron chi connectivity index (χ2n) is 14.2. The van der Waals surface area contributed by atoms with E-state index in [1.807, 2.05) is 6.08 Å². The second-order valence-corrected chi connectivity index (χ2v) is 15.0. The van der Waals surface area contributed by atoms with Gasteiger partial charge >= 0.3 is 5.97 Å². The van der Waals surface area contributed by atoms with E-state index in [1.165, 1.54) is 38.5 Å². The van der Waals surface area contributed by atoms with E-state index >= 15 is 4.79 Å². The molecule has 13 nitrogen and oxygen atoms in total. The molecule has 4 aromatic carbocycles. The van der Waals surface area contributed by atoms with Crippen LogP contribution in [0.1, 0.15) is 40.2 Å². The summed E-state index contributed by atoms with van der Waals surface area (Å²) in [4.78, 5) is 71.5. The Balaban J connectivity index is 1.32. The number of rotatable bonds is 8. The summed E-state index contributed by atoms with van der Waals surface area (Å²) < 4.78 is 10.8. The van der Waals surface area contributed by atoms with Crippen LogP contribution in [-0.2, 0) is 24.6 Å². The van der Waals surface area contributed by atoms with Crippen LogP contribution in [0.2, 0.25) is 10.0 Å². The molecule has 4 aromatic rings. The first-order valence-electron chi connectivity index (χ1n) is 17.6. The first kappa shape index (κ1) is 36.9. The summed E-state index contributed by atoms with van der Waals surface area (Å²) in [5, 5.41) is 33.1. The first-order valence-corrected chi connectivity index (χ1v) is 18.3. The van der Waals surface area contributed by atoms with Gasteiger partial charge in [0.1, 0.15) is 28.6 Å². The number of allylic oxidation sites excluding steroid dienone is 2. The SMILES string of the molecule is COc1ccc(C23C(=O)N(Nc4ccc(Cl)cc4Cl)C(=O)C2CC2C(=CCC4C(=O)N(c5ccc(C(=O)O)c(O)c5)C(=O)C42)C3c2ccc(OC)cc2O)cc1. The number of carbonyl (C=O) groups is 5. The van der Waals surface area contributed by atoms with Gasteiger partial charge in [0.15, 0.2) is 0 Å². The highest BCUT2D eigenvalue weighted by Crippen LogP contribution is 2.65. The average Bonchev–Trinajstić information content (AvgIpc) is 3.56. The molecule has 0 bridgehead atoms.